The summed E-state index contributed by atoms with van der Waals surface area (Å²) in [5.74, 6) is 0.173. The van der Waals surface area contributed by atoms with Crippen molar-refractivity contribution >= 4 is 5.91 Å². The number of benzene rings is 1. The molecule has 1 saturated carbocycles. The Morgan fingerprint density at radius 3 is 2.55 bits per heavy atom. The first-order valence-corrected chi connectivity index (χ1v) is 7.62. The van der Waals surface area contributed by atoms with E-state index in [2.05, 4.69) is 29.6 Å². The van der Waals surface area contributed by atoms with Gasteiger partial charge >= 0.3 is 0 Å². The molecule has 3 heteroatoms. The van der Waals surface area contributed by atoms with Gasteiger partial charge in [0.2, 0.25) is 5.91 Å². The molecular weight excluding hydrogens is 250 g/mol. The first-order chi connectivity index (χ1) is 9.77. The first kappa shape index (κ1) is 15.0. The predicted octanol–water partition coefficient (Wildman–Crippen LogP) is 3.39. The summed E-state index contributed by atoms with van der Waals surface area (Å²) in [4.78, 5) is 12.2. The van der Waals surface area contributed by atoms with Gasteiger partial charge in [-0.1, -0.05) is 43.2 Å². The maximum atomic E-state index is 12.2. The highest BCUT2D eigenvalue weighted by Crippen LogP contribution is 2.38. The number of amides is 1. The highest BCUT2D eigenvalue weighted by atomic mass is 16.5. The second kappa shape index (κ2) is 7.44. The van der Waals surface area contributed by atoms with Crippen molar-refractivity contribution in [2.45, 2.75) is 50.5 Å². The summed E-state index contributed by atoms with van der Waals surface area (Å²) < 4.78 is 5.01. The molecule has 1 fully saturated rings. The van der Waals surface area contributed by atoms with Crippen LogP contribution in [0.5, 0.6) is 0 Å². The first-order valence-electron chi connectivity index (χ1n) is 7.62. The number of nitrogens with one attached hydrogen (secondary N) is 1. The lowest BCUT2D eigenvalue weighted by molar-refractivity contribution is -0.123. The van der Waals surface area contributed by atoms with Crippen LogP contribution in [0.2, 0.25) is 0 Å². The summed E-state index contributed by atoms with van der Waals surface area (Å²) in [6.07, 6.45) is 6.93. The van der Waals surface area contributed by atoms with Gasteiger partial charge in [0.15, 0.2) is 0 Å². The van der Waals surface area contributed by atoms with Gasteiger partial charge in [0.25, 0.3) is 0 Å². The van der Waals surface area contributed by atoms with Gasteiger partial charge in [-0.3, -0.25) is 4.79 Å². The van der Waals surface area contributed by atoms with Gasteiger partial charge in [0, 0.05) is 20.1 Å². The lowest BCUT2D eigenvalue weighted by Crippen LogP contribution is -2.43. The van der Waals surface area contributed by atoms with Crippen LogP contribution in [0.4, 0.5) is 0 Å². The topological polar surface area (TPSA) is 38.3 Å². The Morgan fingerprint density at radius 1 is 1.20 bits per heavy atom. The molecule has 0 unspecified atom stereocenters. The fourth-order valence-electron chi connectivity index (χ4n) is 3.08. The number of hydrogen-bond acceptors (Lipinski definition) is 2. The van der Waals surface area contributed by atoms with E-state index in [-0.39, 0.29) is 11.4 Å². The van der Waals surface area contributed by atoms with E-state index >= 15 is 0 Å². The van der Waals surface area contributed by atoms with E-state index in [1.165, 1.54) is 18.4 Å². The molecule has 1 aromatic rings. The second-order valence-corrected chi connectivity index (χ2v) is 5.65. The monoisotopic (exact) mass is 275 g/mol. The SMILES string of the molecule is COCCCCC(=O)NC1(c2ccccc2)CCCC1. The highest BCUT2D eigenvalue weighted by molar-refractivity contribution is 5.77. The summed E-state index contributed by atoms with van der Waals surface area (Å²) >= 11 is 0. The van der Waals surface area contributed by atoms with Crippen LogP contribution in [-0.2, 0) is 15.1 Å². The molecule has 0 radical (unpaired) electrons. The molecular formula is C17H25NO2. The molecule has 110 valence electrons. The van der Waals surface area contributed by atoms with Crippen molar-refractivity contribution < 1.29 is 9.53 Å². The largest absolute Gasteiger partial charge is 0.385 e. The molecule has 1 aromatic carbocycles. The normalized spacial score (nSPS) is 17.1. The third-order valence-corrected chi connectivity index (χ3v) is 4.16. The van der Waals surface area contributed by atoms with Crippen LogP contribution in [0.25, 0.3) is 0 Å². The maximum absolute atomic E-state index is 12.2. The summed E-state index contributed by atoms with van der Waals surface area (Å²) in [6.45, 7) is 0.733. The van der Waals surface area contributed by atoms with Crippen molar-refractivity contribution in [2.75, 3.05) is 13.7 Å². The third-order valence-electron chi connectivity index (χ3n) is 4.16. The number of hydrogen-bond donors (Lipinski definition) is 1. The number of carbonyl (C=O) groups excluding carboxylic acids is 1. The molecule has 2 rings (SSSR count). The molecule has 1 aliphatic rings. The summed E-state index contributed by atoms with van der Waals surface area (Å²) in [5.41, 5.74) is 1.13. The van der Waals surface area contributed by atoms with Crippen LogP contribution in [-0.4, -0.2) is 19.6 Å². The van der Waals surface area contributed by atoms with Crippen molar-refractivity contribution in [3.8, 4) is 0 Å². The van der Waals surface area contributed by atoms with E-state index in [1.54, 1.807) is 7.11 Å². The number of ether oxygens (including phenoxy) is 1. The van der Waals surface area contributed by atoms with E-state index in [0.29, 0.717) is 6.42 Å². The van der Waals surface area contributed by atoms with Gasteiger partial charge in [-0.25, -0.2) is 0 Å². The van der Waals surface area contributed by atoms with E-state index in [0.717, 1.165) is 32.3 Å². The van der Waals surface area contributed by atoms with Crippen molar-refractivity contribution in [1.29, 1.82) is 0 Å². The second-order valence-electron chi connectivity index (χ2n) is 5.65. The van der Waals surface area contributed by atoms with Crippen LogP contribution in [0, 0.1) is 0 Å². The van der Waals surface area contributed by atoms with Crippen LogP contribution >= 0.6 is 0 Å². The minimum Gasteiger partial charge on any atom is -0.385 e. The summed E-state index contributed by atoms with van der Waals surface area (Å²) in [7, 11) is 1.70. The number of rotatable bonds is 7. The average Bonchev–Trinajstić information content (AvgIpc) is 2.94. The Hall–Kier alpha value is -1.35. The zero-order valence-electron chi connectivity index (χ0n) is 12.4. The average molecular weight is 275 g/mol. The molecule has 0 aromatic heterocycles. The lowest BCUT2D eigenvalue weighted by Gasteiger charge is -2.31. The van der Waals surface area contributed by atoms with Gasteiger partial charge in [0.1, 0.15) is 0 Å². The Morgan fingerprint density at radius 2 is 1.90 bits per heavy atom. The molecule has 0 saturated heterocycles. The fourth-order valence-corrected chi connectivity index (χ4v) is 3.08. The maximum Gasteiger partial charge on any atom is 0.220 e. The number of methoxy groups -OCH3 is 1. The molecule has 20 heavy (non-hydrogen) atoms. The molecule has 0 bridgehead atoms. The molecule has 1 N–H and O–H groups in total. The Balaban J connectivity index is 1.94. The smallest absolute Gasteiger partial charge is 0.220 e. The number of carbonyl (C=O) groups is 1. The fraction of sp³-hybridized carbons (Fsp3) is 0.588. The van der Waals surface area contributed by atoms with Crippen LogP contribution in [0.15, 0.2) is 30.3 Å². The zero-order valence-corrected chi connectivity index (χ0v) is 12.4. The molecule has 1 amide bonds. The Labute approximate surface area is 121 Å². The highest BCUT2D eigenvalue weighted by Gasteiger charge is 2.36. The van der Waals surface area contributed by atoms with Crippen LogP contribution in [0.1, 0.15) is 50.5 Å². The van der Waals surface area contributed by atoms with Gasteiger partial charge in [-0.05, 0) is 31.2 Å². The van der Waals surface area contributed by atoms with E-state index in [9.17, 15) is 4.79 Å². The summed E-state index contributed by atoms with van der Waals surface area (Å²) in [5, 5.41) is 3.31. The van der Waals surface area contributed by atoms with Crippen molar-refractivity contribution in [3.63, 3.8) is 0 Å². The number of unbranched alkanes of at least 4 members (excludes halogenated alkanes) is 1. The van der Waals surface area contributed by atoms with Gasteiger partial charge < -0.3 is 10.1 Å². The van der Waals surface area contributed by atoms with Crippen molar-refractivity contribution in [1.82, 2.24) is 5.32 Å². The van der Waals surface area contributed by atoms with E-state index in [4.69, 9.17) is 4.74 Å². The summed E-state index contributed by atoms with van der Waals surface area (Å²) in [6, 6.07) is 10.4. The van der Waals surface area contributed by atoms with Gasteiger partial charge in [-0.2, -0.15) is 0 Å². The van der Waals surface area contributed by atoms with Crippen LogP contribution in [0.3, 0.4) is 0 Å². The molecule has 0 heterocycles. The Bertz CT molecular complexity index is 410. The third kappa shape index (κ3) is 3.83. The molecule has 0 aliphatic heterocycles. The Kier molecular flexibility index (Phi) is 5.60. The molecule has 3 nitrogen and oxygen atoms in total. The lowest BCUT2D eigenvalue weighted by atomic mass is 9.88. The minimum absolute atomic E-state index is 0.125. The van der Waals surface area contributed by atoms with Crippen LogP contribution < -0.4 is 5.32 Å². The quantitative estimate of drug-likeness (QED) is 0.775. The minimum atomic E-state index is -0.125. The van der Waals surface area contributed by atoms with Gasteiger partial charge in [0.05, 0.1) is 5.54 Å². The van der Waals surface area contributed by atoms with E-state index in [1.807, 2.05) is 6.07 Å². The standard InChI is InChI=1S/C17H25NO2/c1-20-14-8-5-11-16(19)18-17(12-6-7-13-17)15-9-3-2-4-10-15/h2-4,9-10H,5-8,11-14H2,1H3,(H,18,19). The zero-order chi connectivity index (χ0) is 14.3. The van der Waals surface area contributed by atoms with Gasteiger partial charge in [-0.15, -0.1) is 0 Å². The molecule has 1 aliphatic carbocycles. The molecule has 0 spiro atoms. The van der Waals surface area contributed by atoms with Crippen molar-refractivity contribution in [3.05, 3.63) is 35.9 Å². The predicted molar refractivity (Wildman–Crippen MR) is 80.5 cm³/mol. The van der Waals surface area contributed by atoms with E-state index < -0.39 is 0 Å². The van der Waals surface area contributed by atoms with Crippen molar-refractivity contribution in [2.24, 2.45) is 0 Å². The molecule has 0 atom stereocenters.